The van der Waals surface area contributed by atoms with E-state index in [0.29, 0.717) is 0 Å². The number of nitrogens with two attached hydrogens (primary N) is 1. The first-order chi connectivity index (χ1) is 7.15. The SMILES string of the molecule is Cc1ccc2nc(SC[C@@H](C)N)[nH]c2c1. The monoisotopic (exact) mass is 221 g/mol. The molecule has 0 spiro atoms. The van der Waals surface area contributed by atoms with Crippen LogP contribution in [-0.4, -0.2) is 21.8 Å². The van der Waals surface area contributed by atoms with Crippen molar-refractivity contribution in [1.29, 1.82) is 0 Å². The lowest BCUT2D eigenvalue weighted by Gasteiger charge is -2.00. The van der Waals surface area contributed by atoms with Crippen molar-refractivity contribution in [2.45, 2.75) is 25.0 Å². The van der Waals surface area contributed by atoms with E-state index < -0.39 is 0 Å². The molecule has 0 saturated heterocycles. The molecule has 0 aliphatic heterocycles. The summed E-state index contributed by atoms with van der Waals surface area (Å²) < 4.78 is 0. The lowest BCUT2D eigenvalue weighted by Crippen LogP contribution is -2.17. The van der Waals surface area contributed by atoms with Crippen molar-refractivity contribution in [2.24, 2.45) is 5.73 Å². The van der Waals surface area contributed by atoms with Crippen LogP contribution < -0.4 is 5.73 Å². The van der Waals surface area contributed by atoms with Crippen LogP contribution >= 0.6 is 11.8 Å². The molecule has 0 amide bonds. The molecule has 0 fully saturated rings. The molecule has 0 saturated carbocycles. The van der Waals surface area contributed by atoms with Crippen LogP contribution in [0.1, 0.15) is 12.5 Å². The molecule has 1 aromatic carbocycles. The number of hydrogen-bond donors (Lipinski definition) is 2. The smallest absolute Gasteiger partial charge is 0.166 e. The van der Waals surface area contributed by atoms with Gasteiger partial charge < -0.3 is 10.7 Å². The van der Waals surface area contributed by atoms with Crippen molar-refractivity contribution in [2.75, 3.05) is 5.75 Å². The number of imidazole rings is 1. The zero-order valence-corrected chi connectivity index (χ0v) is 9.77. The van der Waals surface area contributed by atoms with Crippen LogP contribution in [0.5, 0.6) is 0 Å². The van der Waals surface area contributed by atoms with Gasteiger partial charge in [0.2, 0.25) is 0 Å². The summed E-state index contributed by atoms with van der Waals surface area (Å²) in [4.78, 5) is 7.77. The van der Waals surface area contributed by atoms with E-state index in [9.17, 15) is 0 Å². The highest BCUT2D eigenvalue weighted by Gasteiger charge is 2.04. The van der Waals surface area contributed by atoms with E-state index in [4.69, 9.17) is 5.73 Å². The van der Waals surface area contributed by atoms with E-state index >= 15 is 0 Å². The third-order valence-electron chi connectivity index (χ3n) is 2.10. The first-order valence-electron chi connectivity index (χ1n) is 5.00. The van der Waals surface area contributed by atoms with Crippen molar-refractivity contribution in [1.82, 2.24) is 9.97 Å². The topological polar surface area (TPSA) is 54.7 Å². The van der Waals surface area contributed by atoms with Crippen LogP contribution in [0, 0.1) is 6.92 Å². The fraction of sp³-hybridized carbons (Fsp3) is 0.364. The lowest BCUT2D eigenvalue weighted by molar-refractivity contribution is 0.844. The Kier molecular flexibility index (Phi) is 2.98. The molecule has 15 heavy (non-hydrogen) atoms. The summed E-state index contributed by atoms with van der Waals surface area (Å²) in [6.45, 7) is 4.08. The van der Waals surface area contributed by atoms with Crippen LogP contribution in [-0.2, 0) is 0 Å². The van der Waals surface area contributed by atoms with Gasteiger partial charge in [0.25, 0.3) is 0 Å². The quantitative estimate of drug-likeness (QED) is 0.782. The Morgan fingerprint density at radius 2 is 2.33 bits per heavy atom. The summed E-state index contributed by atoms with van der Waals surface area (Å²) >= 11 is 1.67. The van der Waals surface area contributed by atoms with Gasteiger partial charge in [0.15, 0.2) is 5.16 Å². The fourth-order valence-corrected chi connectivity index (χ4v) is 2.14. The molecule has 1 aromatic heterocycles. The number of hydrogen-bond acceptors (Lipinski definition) is 3. The number of thioether (sulfide) groups is 1. The normalized spacial score (nSPS) is 13.3. The summed E-state index contributed by atoms with van der Waals surface area (Å²) in [5.41, 5.74) is 9.06. The molecule has 0 aliphatic carbocycles. The van der Waals surface area contributed by atoms with E-state index in [1.807, 2.05) is 13.0 Å². The molecule has 0 aliphatic rings. The van der Waals surface area contributed by atoms with Gasteiger partial charge in [-0.1, -0.05) is 17.8 Å². The molecule has 3 nitrogen and oxygen atoms in total. The van der Waals surface area contributed by atoms with E-state index in [2.05, 4.69) is 29.0 Å². The van der Waals surface area contributed by atoms with Gasteiger partial charge >= 0.3 is 0 Å². The first-order valence-corrected chi connectivity index (χ1v) is 5.98. The second-order valence-electron chi connectivity index (χ2n) is 3.85. The molecule has 3 N–H and O–H groups in total. The predicted molar refractivity (Wildman–Crippen MR) is 65.2 cm³/mol. The number of rotatable bonds is 3. The van der Waals surface area contributed by atoms with Crippen molar-refractivity contribution in [3.05, 3.63) is 23.8 Å². The molecular weight excluding hydrogens is 206 g/mol. The summed E-state index contributed by atoms with van der Waals surface area (Å²) in [6, 6.07) is 6.42. The summed E-state index contributed by atoms with van der Waals surface area (Å²) in [6.07, 6.45) is 0. The number of aromatic nitrogens is 2. The van der Waals surface area contributed by atoms with Crippen molar-refractivity contribution < 1.29 is 0 Å². The van der Waals surface area contributed by atoms with Gasteiger partial charge in [-0.2, -0.15) is 0 Å². The van der Waals surface area contributed by atoms with Crippen LogP contribution in [0.15, 0.2) is 23.4 Å². The third kappa shape index (κ3) is 2.52. The molecule has 2 rings (SSSR count). The minimum absolute atomic E-state index is 0.199. The maximum atomic E-state index is 5.70. The number of aryl methyl sites for hydroxylation is 1. The number of nitrogens with zero attached hydrogens (tertiary/aromatic N) is 1. The zero-order chi connectivity index (χ0) is 10.8. The number of benzene rings is 1. The third-order valence-corrected chi connectivity index (χ3v) is 3.26. The van der Waals surface area contributed by atoms with Crippen LogP contribution in [0.4, 0.5) is 0 Å². The van der Waals surface area contributed by atoms with Crippen LogP contribution in [0.2, 0.25) is 0 Å². The molecular formula is C11H15N3S. The predicted octanol–water partition coefficient (Wildman–Crippen LogP) is 2.31. The second-order valence-corrected chi connectivity index (χ2v) is 4.86. The van der Waals surface area contributed by atoms with Gasteiger partial charge in [-0.25, -0.2) is 4.98 Å². The molecule has 4 heteroatoms. The van der Waals surface area contributed by atoms with Gasteiger partial charge in [-0.3, -0.25) is 0 Å². The number of H-pyrrole nitrogens is 1. The van der Waals surface area contributed by atoms with E-state index in [0.717, 1.165) is 21.9 Å². The summed E-state index contributed by atoms with van der Waals surface area (Å²) in [5.74, 6) is 0.888. The van der Waals surface area contributed by atoms with E-state index in [1.54, 1.807) is 11.8 Å². The highest BCUT2D eigenvalue weighted by Crippen LogP contribution is 2.20. The van der Waals surface area contributed by atoms with Gasteiger partial charge in [-0.15, -0.1) is 0 Å². The number of aromatic amines is 1. The van der Waals surface area contributed by atoms with Crippen LogP contribution in [0.3, 0.4) is 0 Å². The molecule has 1 atom stereocenters. The Bertz CT molecular complexity index is 462. The van der Waals surface area contributed by atoms with Crippen molar-refractivity contribution in [3.63, 3.8) is 0 Å². The maximum absolute atomic E-state index is 5.70. The first kappa shape index (κ1) is 10.5. The molecule has 0 radical (unpaired) electrons. The van der Waals surface area contributed by atoms with Gasteiger partial charge in [0, 0.05) is 11.8 Å². The molecule has 1 heterocycles. The van der Waals surface area contributed by atoms with Crippen molar-refractivity contribution >= 4 is 22.8 Å². The highest BCUT2D eigenvalue weighted by atomic mass is 32.2. The Hall–Kier alpha value is -1.00. The Morgan fingerprint density at radius 1 is 1.53 bits per heavy atom. The van der Waals surface area contributed by atoms with Gasteiger partial charge in [-0.05, 0) is 31.5 Å². The standard InChI is InChI=1S/C11H15N3S/c1-7-3-4-9-10(5-7)14-11(13-9)15-6-8(2)12/h3-5,8H,6,12H2,1-2H3,(H,13,14)/t8-/m1/s1. The lowest BCUT2D eigenvalue weighted by atomic mass is 10.2. The highest BCUT2D eigenvalue weighted by molar-refractivity contribution is 7.99. The van der Waals surface area contributed by atoms with Crippen LogP contribution in [0.25, 0.3) is 11.0 Å². The second kappa shape index (κ2) is 4.24. The Labute approximate surface area is 93.5 Å². The summed E-state index contributed by atoms with van der Waals surface area (Å²) in [7, 11) is 0. The average Bonchev–Trinajstić information content (AvgIpc) is 2.56. The molecule has 0 unspecified atom stereocenters. The zero-order valence-electron chi connectivity index (χ0n) is 8.95. The van der Waals surface area contributed by atoms with Gasteiger partial charge in [0.1, 0.15) is 0 Å². The average molecular weight is 221 g/mol. The molecule has 0 bridgehead atoms. The minimum atomic E-state index is 0.199. The van der Waals surface area contributed by atoms with Gasteiger partial charge in [0.05, 0.1) is 11.0 Å². The Balaban J connectivity index is 2.23. The summed E-state index contributed by atoms with van der Waals surface area (Å²) in [5, 5.41) is 0.952. The largest absolute Gasteiger partial charge is 0.333 e. The minimum Gasteiger partial charge on any atom is -0.333 e. The Morgan fingerprint density at radius 3 is 3.07 bits per heavy atom. The molecule has 2 aromatic rings. The number of nitrogens with one attached hydrogen (secondary N) is 1. The van der Waals surface area contributed by atoms with Crippen molar-refractivity contribution in [3.8, 4) is 0 Å². The fourth-order valence-electron chi connectivity index (χ4n) is 1.38. The van der Waals surface area contributed by atoms with E-state index in [1.165, 1.54) is 5.56 Å². The number of fused-ring (bicyclic) bond motifs is 1. The molecule has 80 valence electrons. The van der Waals surface area contributed by atoms with E-state index in [-0.39, 0.29) is 6.04 Å². The maximum Gasteiger partial charge on any atom is 0.166 e.